The predicted octanol–water partition coefficient (Wildman–Crippen LogP) is 0.943. The van der Waals surface area contributed by atoms with Crippen LogP contribution in [0.5, 0.6) is 0 Å². The van der Waals surface area contributed by atoms with Crippen LogP contribution in [-0.4, -0.2) is 22.9 Å². The number of hydrogen-bond donors (Lipinski definition) is 2. The summed E-state index contributed by atoms with van der Waals surface area (Å²) in [6.45, 7) is 1.73. The Bertz CT molecular complexity index is 469. The van der Waals surface area contributed by atoms with Crippen LogP contribution >= 0.6 is 0 Å². The number of carbonyl (C=O) groups excluding carboxylic acids is 1. The van der Waals surface area contributed by atoms with Crippen LogP contribution in [0.2, 0.25) is 0 Å². The number of fused-ring (bicyclic) bond motifs is 1. The second-order valence-electron chi connectivity index (χ2n) is 4.38. The second kappa shape index (κ2) is 3.42. The molecule has 1 aromatic carbocycles. The zero-order chi connectivity index (χ0) is 11.9. The van der Waals surface area contributed by atoms with E-state index in [2.05, 4.69) is 0 Å². The Morgan fingerprint density at radius 2 is 2.12 bits per heavy atom. The number of ketones is 1. The van der Waals surface area contributed by atoms with Gasteiger partial charge in [-0.05, 0) is 5.56 Å². The zero-order valence-corrected chi connectivity index (χ0v) is 8.93. The molecule has 0 heterocycles. The zero-order valence-electron chi connectivity index (χ0n) is 8.93. The van der Waals surface area contributed by atoms with Crippen molar-refractivity contribution in [2.24, 2.45) is 5.73 Å². The summed E-state index contributed by atoms with van der Waals surface area (Å²) in [5.41, 5.74) is 6.35. The highest BCUT2D eigenvalue weighted by Gasteiger charge is 2.47. The molecule has 0 amide bonds. The topological polar surface area (TPSA) is 80.4 Å². The molecule has 1 aromatic rings. The van der Waals surface area contributed by atoms with Gasteiger partial charge in [0, 0.05) is 11.0 Å². The lowest BCUT2D eigenvalue weighted by Gasteiger charge is -2.27. The summed E-state index contributed by atoms with van der Waals surface area (Å²) < 4.78 is 0. The third kappa shape index (κ3) is 1.34. The average Bonchev–Trinajstić information content (AvgIpc) is 2.42. The summed E-state index contributed by atoms with van der Waals surface area (Å²) in [5, 5.41) is 8.90. The van der Waals surface area contributed by atoms with E-state index in [-0.39, 0.29) is 12.2 Å². The molecule has 84 valence electrons. The van der Waals surface area contributed by atoms with Gasteiger partial charge in [-0.15, -0.1) is 0 Å². The Hall–Kier alpha value is -1.68. The van der Waals surface area contributed by atoms with E-state index in [0.717, 1.165) is 5.56 Å². The maximum atomic E-state index is 11.9. The molecule has 0 spiro atoms. The van der Waals surface area contributed by atoms with Gasteiger partial charge in [0.15, 0.2) is 5.78 Å². The fourth-order valence-corrected chi connectivity index (χ4v) is 2.34. The normalized spacial score (nSPS) is 27.9. The summed E-state index contributed by atoms with van der Waals surface area (Å²) in [5.74, 6) is -1.11. The van der Waals surface area contributed by atoms with Crippen molar-refractivity contribution in [3.05, 3.63) is 35.4 Å². The number of Topliss-reactive ketones (excluding diaryl/α,β-unsaturated/α-hetero) is 1. The first kappa shape index (κ1) is 10.8. The first-order valence-electron chi connectivity index (χ1n) is 5.08. The molecule has 1 aliphatic carbocycles. The molecular weight excluding hydrogens is 206 g/mol. The Balaban J connectivity index is 2.56. The van der Waals surface area contributed by atoms with Gasteiger partial charge in [-0.3, -0.25) is 9.59 Å². The van der Waals surface area contributed by atoms with E-state index in [1.807, 2.05) is 0 Å². The molecule has 2 unspecified atom stereocenters. The Labute approximate surface area is 93.1 Å². The Morgan fingerprint density at radius 1 is 1.50 bits per heavy atom. The lowest BCUT2D eigenvalue weighted by molar-refractivity contribution is -0.138. The summed E-state index contributed by atoms with van der Waals surface area (Å²) in [6.07, 6.45) is -0.128. The van der Waals surface area contributed by atoms with Crippen LogP contribution < -0.4 is 5.73 Å². The lowest BCUT2D eigenvalue weighted by Crippen LogP contribution is -2.44. The summed E-state index contributed by atoms with van der Waals surface area (Å²) in [4.78, 5) is 22.7. The Kier molecular flexibility index (Phi) is 2.31. The molecule has 2 rings (SSSR count). The summed E-state index contributed by atoms with van der Waals surface area (Å²) in [6, 6.07) is 6.27. The molecule has 0 bridgehead atoms. The number of rotatable bonds is 2. The van der Waals surface area contributed by atoms with Crippen molar-refractivity contribution in [3.63, 3.8) is 0 Å². The van der Waals surface area contributed by atoms with E-state index in [1.54, 1.807) is 31.2 Å². The van der Waals surface area contributed by atoms with Gasteiger partial charge in [-0.2, -0.15) is 0 Å². The molecule has 4 heteroatoms. The molecular formula is C12H13NO3. The molecule has 1 aliphatic rings. The highest BCUT2D eigenvalue weighted by atomic mass is 16.4. The number of carbonyl (C=O) groups is 2. The minimum atomic E-state index is -0.942. The van der Waals surface area contributed by atoms with Crippen molar-refractivity contribution < 1.29 is 14.7 Å². The van der Waals surface area contributed by atoms with E-state index < -0.39 is 17.4 Å². The van der Waals surface area contributed by atoms with Gasteiger partial charge >= 0.3 is 5.97 Å². The van der Waals surface area contributed by atoms with Crippen LogP contribution in [-0.2, 0) is 10.2 Å². The highest BCUT2D eigenvalue weighted by molar-refractivity contribution is 6.06. The quantitative estimate of drug-likeness (QED) is 0.775. The fraction of sp³-hybridized carbons (Fsp3) is 0.333. The first-order valence-corrected chi connectivity index (χ1v) is 5.08. The fourth-order valence-electron chi connectivity index (χ4n) is 2.34. The SMILES string of the molecule is CC1(CC(=O)O)c2ccccc2C(=O)C1N. The lowest BCUT2D eigenvalue weighted by atomic mass is 9.78. The summed E-state index contributed by atoms with van der Waals surface area (Å²) in [7, 11) is 0. The van der Waals surface area contributed by atoms with Gasteiger partial charge in [0.1, 0.15) is 0 Å². The van der Waals surface area contributed by atoms with Gasteiger partial charge in [0.2, 0.25) is 0 Å². The van der Waals surface area contributed by atoms with Gasteiger partial charge in [0.25, 0.3) is 0 Å². The van der Waals surface area contributed by atoms with E-state index in [0.29, 0.717) is 5.56 Å². The maximum absolute atomic E-state index is 11.9. The third-order valence-corrected chi connectivity index (χ3v) is 3.30. The molecule has 0 aliphatic heterocycles. The van der Waals surface area contributed by atoms with Crippen molar-refractivity contribution in [2.45, 2.75) is 24.8 Å². The summed E-state index contributed by atoms with van der Waals surface area (Å²) >= 11 is 0. The number of carboxylic acids is 1. The van der Waals surface area contributed by atoms with Crippen LogP contribution in [0.25, 0.3) is 0 Å². The second-order valence-corrected chi connectivity index (χ2v) is 4.38. The molecule has 0 aromatic heterocycles. The van der Waals surface area contributed by atoms with E-state index in [9.17, 15) is 9.59 Å². The molecule has 0 saturated heterocycles. The Morgan fingerprint density at radius 3 is 2.75 bits per heavy atom. The number of aliphatic carboxylic acids is 1. The van der Waals surface area contributed by atoms with Gasteiger partial charge < -0.3 is 10.8 Å². The van der Waals surface area contributed by atoms with Crippen LogP contribution in [0.1, 0.15) is 29.3 Å². The minimum absolute atomic E-state index is 0.128. The van der Waals surface area contributed by atoms with Gasteiger partial charge in [0.05, 0.1) is 12.5 Å². The van der Waals surface area contributed by atoms with Crippen LogP contribution in [0, 0.1) is 0 Å². The molecule has 2 atom stereocenters. The minimum Gasteiger partial charge on any atom is -0.481 e. The molecule has 4 nitrogen and oxygen atoms in total. The largest absolute Gasteiger partial charge is 0.481 e. The number of nitrogens with two attached hydrogens (primary N) is 1. The van der Waals surface area contributed by atoms with E-state index >= 15 is 0 Å². The highest BCUT2D eigenvalue weighted by Crippen LogP contribution is 2.40. The van der Waals surface area contributed by atoms with Crippen LogP contribution in [0.4, 0.5) is 0 Å². The molecule has 3 N–H and O–H groups in total. The van der Waals surface area contributed by atoms with Gasteiger partial charge in [-0.25, -0.2) is 0 Å². The molecule has 16 heavy (non-hydrogen) atoms. The van der Waals surface area contributed by atoms with Crippen molar-refractivity contribution in [1.29, 1.82) is 0 Å². The van der Waals surface area contributed by atoms with Gasteiger partial charge in [-0.1, -0.05) is 31.2 Å². The number of benzene rings is 1. The number of hydrogen-bond acceptors (Lipinski definition) is 3. The standard InChI is InChI=1S/C12H13NO3/c1-12(6-9(14)15)8-5-3-2-4-7(8)10(16)11(12)13/h2-5,11H,6,13H2,1H3,(H,14,15). The van der Waals surface area contributed by atoms with E-state index in [4.69, 9.17) is 10.8 Å². The average molecular weight is 219 g/mol. The van der Waals surface area contributed by atoms with Crippen molar-refractivity contribution in [2.75, 3.05) is 0 Å². The van der Waals surface area contributed by atoms with Crippen molar-refractivity contribution >= 4 is 11.8 Å². The molecule has 0 radical (unpaired) electrons. The predicted molar refractivity (Wildman–Crippen MR) is 58.4 cm³/mol. The van der Waals surface area contributed by atoms with Crippen LogP contribution in [0.3, 0.4) is 0 Å². The van der Waals surface area contributed by atoms with Crippen molar-refractivity contribution in [3.8, 4) is 0 Å². The smallest absolute Gasteiger partial charge is 0.304 e. The number of carboxylic acid groups (broad SMARTS) is 1. The van der Waals surface area contributed by atoms with Crippen LogP contribution in [0.15, 0.2) is 24.3 Å². The molecule has 0 saturated carbocycles. The van der Waals surface area contributed by atoms with E-state index in [1.165, 1.54) is 0 Å². The first-order chi connectivity index (χ1) is 7.47. The van der Waals surface area contributed by atoms with Crippen molar-refractivity contribution in [1.82, 2.24) is 0 Å². The molecule has 0 fully saturated rings. The third-order valence-electron chi connectivity index (χ3n) is 3.30. The maximum Gasteiger partial charge on any atom is 0.304 e. The monoisotopic (exact) mass is 219 g/mol.